The van der Waals surface area contributed by atoms with E-state index in [1.54, 1.807) is 11.8 Å². The van der Waals surface area contributed by atoms with E-state index in [1.807, 2.05) is 12.1 Å². The molecule has 0 aliphatic rings. The van der Waals surface area contributed by atoms with E-state index in [9.17, 15) is 5.11 Å². The van der Waals surface area contributed by atoms with Crippen LogP contribution in [0.5, 0.6) is 0 Å². The molecule has 2 unspecified atom stereocenters. The number of aliphatic hydroxyl groups is 2. The van der Waals surface area contributed by atoms with Crippen LogP contribution in [0.25, 0.3) is 0 Å². The molecule has 0 spiro atoms. The maximum absolute atomic E-state index is 10.1. The minimum Gasteiger partial charge on any atom is -0.396 e. The van der Waals surface area contributed by atoms with Gasteiger partial charge in [0, 0.05) is 16.8 Å². The molecule has 2 nitrogen and oxygen atoms in total. The Morgan fingerprint density at radius 3 is 2.41 bits per heavy atom. The fourth-order valence-corrected chi connectivity index (χ4v) is 3.06. The van der Waals surface area contributed by atoms with Gasteiger partial charge in [-0.05, 0) is 30.9 Å². The van der Waals surface area contributed by atoms with Crippen molar-refractivity contribution in [2.24, 2.45) is 5.92 Å². The molecule has 0 radical (unpaired) electrons. The third-order valence-electron chi connectivity index (χ3n) is 2.82. The first kappa shape index (κ1) is 14.6. The van der Waals surface area contributed by atoms with Gasteiger partial charge in [-0.25, -0.2) is 0 Å². The molecule has 0 saturated carbocycles. The molecule has 1 rings (SSSR count). The van der Waals surface area contributed by atoms with Crippen LogP contribution in [0.2, 0.25) is 0 Å². The number of benzene rings is 1. The fraction of sp³-hybridized carbons (Fsp3) is 0.571. The molecule has 3 heteroatoms. The summed E-state index contributed by atoms with van der Waals surface area (Å²) in [7, 11) is 0. The lowest BCUT2D eigenvalue weighted by molar-refractivity contribution is 0.119. The quantitative estimate of drug-likeness (QED) is 0.767. The SMILES string of the molecule is Cc1ccccc1SC(C(C)C)C(O)CCO. The van der Waals surface area contributed by atoms with Crippen molar-refractivity contribution in [1.82, 2.24) is 0 Å². The first-order chi connectivity index (χ1) is 8.06. The zero-order valence-corrected chi connectivity index (χ0v) is 11.6. The minimum absolute atomic E-state index is 0.0404. The van der Waals surface area contributed by atoms with Crippen molar-refractivity contribution in [1.29, 1.82) is 0 Å². The van der Waals surface area contributed by atoms with Crippen LogP contribution < -0.4 is 0 Å². The van der Waals surface area contributed by atoms with E-state index in [0.717, 1.165) is 0 Å². The maximum Gasteiger partial charge on any atom is 0.0686 e. The Balaban J connectivity index is 2.77. The summed E-state index contributed by atoms with van der Waals surface area (Å²) in [5.74, 6) is 0.376. The normalized spacial score (nSPS) is 14.9. The van der Waals surface area contributed by atoms with Crippen molar-refractivity contribution >= 4 is 11.8 Å². The van der Waals surface area contributed by atoms with Crippen molar-refractivity contribution in [2.75, 3.05) is 6.61 Å². The number of hydrogen-bond donors (Lipinski definition) is 2. The van der Waals surface area contributed by atoms with Gasteiger partial charge in [-0.15, -0.1) is 11.8 Å². The van der Waals surface area contributed by atoms with Crippen LogP contribution >= 0.6 is 11.8 Å². The predicted molar refractivity (Wildman–Crippen MR) is 73.4 cm³/mol. The van der Waals surface area contributed by atoms with Gasteiger partial charge in [-0.1, -0.05) is 32.0 Å². The lowest BCUT2D eigenvalue weighted by Gasteiger charge is -2.26. The Labute approximate surface area is 108 Å². The van der Waals surface area contributed by atoms with E-state index in [0.29, 0.717) is 12.3 Å². The van der Waals surface area contributed by atoms with Gasteiger partial charge < -0.3 is 10.2 Å². The Morgan fingerprint density at radius 1 is 1.24 bits per heavy atom. The van der Waals surface area contributed by atoms with Gasteiger partial charge in [-0.2, -0.15) is 0 Å². The summed E-state index contributed by atoms with van der Waals surface area (Å²) in [4.78, 5) is 1.21. The average Bonchev–Trinajstić information content (AvgIpc) is 2.27. The highest BCUT2D eigenvalue weighted by atomic mass is 32.2. The van der Waals surface area contributed by atoms with Crippen molar-refractivity contribution in [3.63, 3.8) is 0 Å². The van der Waals surface area contributed by atoms with Crippen LogP contribution in [0.15, 0.2) is 29.2 Å². The summed E-state index contributed by atoms with van der Waals surface area (Å²) in [6.45, 7) is 6.34. The monoisotopic (exact) mass is 254 g/mol. The lowest BCUT2D eigenvalue weighted by atomic mass is 10.0. The second-order valence-electron chi connectivity index (χ2n) is 4.67. The van der Waals surface area contributed by atoms with Crippen LogP contribution in [0.4, 0.5) is 0 Å². The van der Waals surface area contributed by atoms with Gasteiger partial charge in [0.05, 0.1) is 6.10 Å². The molecule has 0 aliphatic heterocycles. The van der Waals surface area contributed by atoms with E-state index >= 15 is 0 Å². The summed E-state index contributed by atoms with van der Waals surface area (Å²) >= 11 is 1.71. The van der Waals surface area contributed by atoms with Crippen LogP contribution in [0.3, 0.4) is 0 Å². The van der Waals surface area contributed by atoms with E-state index in [4.69, 9.17) is 5.11 Å². The third-order valence-corrected chi connectivity index (χ3v) is 4.66. The van der Waals surface area contributed by atoms with E-state index < -0.39 is 6.10 Å². The van der Waals surface area contributed by atoms with Crippen LogP contribution in [-0.4, -0.2) is 28.2 Å². The smallest absolute Gasteiger partial charge is 0.0686 e. The number of rotatable bonds is 6. The number of aliphatic hydroxyl groups excluding tert-OH is 2. The van der Waals surface area contributed by atoms with E-state index in [-0.39, 0.29) is 11.9 Å². The summed E-state index contributed by atoms with van der Waals surface area (Å²) in [6.07, 6.45) is -0.00791. The maximum atomic E-state index is 10.1. The molecule has 96 valence electrons. The Hall–Kier alpha value is -0.510. The molecule has 0 heterocycles. The summed E-state index contributed by atoms with van der Waals surface area (Å²) in [5, 5.41) is 19.1. The van der Waals surface area contributed by atoms with Gasteiger partial charge in [0.25, 0.3) is 0 Å². The van der Waals surface area contributed by atoms with E-state index in [2.05, 4.69) is 32.9 Å². The largest absolute Gasteiger partial charge is 0.396 e. The third kappa shape index (κ3) is 4.34. The minimum atomic E-state index is -0.454. The Kier molecular flexibility index (Phi) is 6.03. The van der Waals surface area contributed by atoms with Gasteiger partial charge in [0.2, 0.25) is 0 Å². The molecule has 0 aromatic heterocycles. The first-order valence-corrected chi connectivity index (χ1v) is 6.95. The molecule has 17 heavy (non-hydrogen) atoms. The number of hydrogen-bond acceptors (Lipinski definition) is 3. The summed E-state index contributed by atoms with van der Waals surface area (Å²) < 4.78 is 0. The second-order valence-corrected chi connectivity index (χ2v) is 5.89. The lowest BCUT2D eigenvalue weighted by Crippen LogP contribution is -2.29. The van der Waals surface area contributed by atoms with Gasteiger partial charge in [-0.3, -0.25) is 0 Å². The summed E-state index contributed by atoms with van der Waals surface area (Å²) in [5.41, 5.74) is 1.24. The molecule has 0 saturated heterocycles. The number of aryl methyl sites for hydroxylation is 1. The molecule has 2 N–H and O–H groups in total. The molecule has 1 aromatic rings. The fourth-order valence-electron chi connectivity index (χ4n) is 1.79. The molecular weight excluding hydrogens is 232 g/mol. The van der Waals surface area contributed by atoms with Crippen LogP contribution in [0, 0.1) is 12.8 Å². The highest BCUT2D eigenvalue weighted by molar-refractivity contribution is 8.00. The Morgan fingerprint density at radius 2 is 1.88 bits per heavy atom. The highest BCUT2D eigenvalue weighted by Crippen LogP contribution is 2.33. The van der Waals surface area contributed by atoms with Gasteiger partial charge >= 0.3 is 0 Å². The highest BCUT2D eigenvalue weighted by Gasteiger charge is 2.23. The predicted octanol–water partition coefficient (Wildman–Crippen LogP) is 2.86. The van der Waals surface area contributed by atoms with Crippen molar-refractivity contribution in [2.45, 2.75) is 43.4 Å². The van der Waals surface area contributed by atoms with Crippen LogP contribution in [-0.2, 0) is 0 Å². The molecule has 0 fully saturated rings. The van der Waals surface area contributed by atoms with Crippen LogP contribution in [0.1, 0.15) is 25.8 Å². The second kappa shape index (κ2) is 7.04. The van der Waals surface area contributed by atoms with Crippen molar-refractivity contribution in [3.05, 3.63) is 29.8 Å². The molecule has 0 bridgehead atoms. The number of thioether (sulfide) groups is 1. The summed E-state index contributed by atoms with van der Waals surface area (Å²) in [6, 6.07) is 8.21. The molecule has 0 amide bonds. The topological polar surface area (TPSA) is 40.5 Å². The Bertz CT molecular complexity index is 339. The zero-order valence-electron chi connectivity index (χ0n) is 10.8. The molecule has 2 atom stereocenters. The molecule has 1 aromatic carbocycles. The molecule has 0 aliphatic carbocycles. The standard InChI is InChI=1S/C14H22O2S/c1-10(2)14(12(16)8-9-15)17-13-7-5-4-6-11(13)3/h4-7,10,12,14-16H,8-9H2,1-3H3. The van der Waals surface area contributed by atoms with Gasteiger partial charge in [0.1, 0.15) is 0 Å². The van der Waals surface area contributed by atoms with E-state index in [1.165, 1.54) is 10.5 Å². The van der Waals surface area contributed by atoms with Crippen molar-refractivity contribution in [3.8, 4) is 0 Å². The van der Waals surface area contributed by atoms with Crippen molar-refractivity contribution < 1.29 is 10.2 Å². The average molecular weight is 254 g/mol. The van der Waals surface area contributed by atoms with Gasteiger partial charge in [0.15, 0.2) is 0 Å². The first-order valence-electron chi connectivity index (χ1n) is 6.07. The molecular formula is C14H22O2S. The zero-order chi connectivity index (χ0) is 12.8.